The van der Waals surface area contributed by atoms with Gasteiger partial charge in [-0.05, 0) is 12.8 Å². The van der Waals surface area contributed by atoms with E-state index in [1.54, 1.807) is 0 Å². The fourth-order valence-corrected chi connectivity index (χ4v) is 3.44. The first-order valence-corrected chi connectivity index (χ1v) is 8.22. The van der Waals surface area contributed by atoms with Crippen LogP contribution in [0.1, 0.15) is 31.6 Å². The third-order valence-corrected chi connectivity index (χ3v) is 4.70. The third-order valence-electron chi connectivity index (χ3n) is 4.70. The van der Waals surface area contributed by atoms with Crippen molar-refractivity contribution < 1.29 is 14.1 Å². The summed E-state index contributed by atoms with van der Waals surface area (Å²) in [6.45, 7) is 0.00766. The van der Waals surface area contributed by atoms with Crippen molar-refractivity contribution in [1.29, 1.82) is 0 Å². The number of benzene rings is 1. The summed E-state index contributed by atoms with van der Waals surface area (Å²) >= 11 is 0. The second-order valence-corrected chi connectivity index (χ2v) is 6.25. The van der Waals surface area contributed by atoms with E-state index in [-0.39, 0.29) is 36.3 Å². The highest BCUT2D eigenvalue weighted by Crippen LogP contribution is 2.30. The number of rotatable bonds is 3. The van der Waals surface area contributed by atoms with Crippen LogP contribution in [0.2, 0.25) is 0 Å². The Morgan fingerprint density at radius 3 is 2.79 bits per heavy atom. The number of nitrogens with one attached hydrogen (secondary N) is 1. The van der Waals surface area contributed by atoms with Crippen LogP contribution in [0.5, 0.6) is 0 Å². The third kappa shape index (κ3) is 2.66. The van der Waals surface area contributed by atoms with E-state index in [2.05, 4.69) is 15.5 Å². The fraction of sp³-hybridized carbons (Fsp3) is 0.412. The zero-order valence-electron chi connectivity index (χ0n) is 13.1. The Morgan fingerprint density at radius 1 is 1.17 bits per heavy atom. The maximum Gasteiger partial charge on any atom is 0.324 e. The number of hydrogen-bond donors (Lipinski definition) is 1. The minimum atomic E-state index is -0.373. The number of imide groups is 1. The smallest absolute Gasteiger partial charge is 0.324 e. The second-order valence-electron chi connectivity index (χ2n) is 6.25. The van der Waals surface area contributed by atoms with Crippen LogP contribution in [0.15, 0.2) is 34.9 Å². The molecule has 124 valence electrons. The molecule has 7 nitrogen and oxygen atoms in total. The number of carbonyl (C=O) groups excluding carboxylic acids is 2. The van der Waals surface area contributed by atoms with E-state index in [9.17, 15) is 9.59 Å². The summed E-state index contributed by atoms with van der Waals surface area (Å²) in [5.74, 6) is 0.438. The minimum absolute atomic E-state index is 0.00766. The summed E-state index contributed by atoms with van der Waals surface area (Å²) in [6.07, 6.45) is 3.77. The Hall–Kier alpha value is -2.70. The SMILES string of the molecule is O=C1NC2CCCCC2C(=O)N1Cc1nc(-c2ccccc2)no1. The van der Waals surface area contributed by atoms with Gasteiger partial charge in [-0.2, -0.15) is 4.98 Å². The summed E-state index contributed by atoms with van der Waals surface area (Å²) in [6, 6.07) is 9.02. The van der Waals surface area contributed by atoms with E-state index in [0.29, 0.717) is 5.82 Å². The molecule has 1 saturated heterocycles. The number of amides is 3. The predicted molar refractivity (Wildman–Crippen MR) is 84.6 cm³/mol. The zero-order chi connectivity index (χ0) is 16.5. The molecule has 1 aromatic heterocycles. The maximum absolute atomic E-state index is 12.6. The molecule has 0 bridgehead atoms. The van der Waals surface area contributed by atoms with Gasteiger partial charge in [0.1, 0.15) is 6.54 Å². The van der Waals surface area contributed by atoms with E-state index >= 15 is 0 Å². The van der Waals surface area contributed by atoms with Crippen LogP contribution in [0.25, 0.3) is 11.4 Å². The molecule has 2 atom stereocenters. The molecule has 1 saturated carbocycles. The molecular formula is C17H18N4O3. The molecule has 1 aliphatic carbocycles. The van der Waals surface area contributed by atoms with Gasteiger partial charge in [-0.25, -0.2) is 4.79 Å². The van der Waals surface area contributed by atoms with Crippen molar-refractivity contribution >= 4 is 11.9 Å². The number of hydrogen-bond acceptors (Lipinski definition) is 5. The van der Waals surface area contributed by atoms with Crippen LogP contribution < -0.4 is 5.32 Å². The van der Waals surface area contributed by atoms with Gasteiger partial charge in [0.05, 0.1) is 5.92 Å². The molecule has 1 aromatic carbocycles. The zero-order valence-corrected chi connectivity index (χ0v) is 13.1. The summed E-state index contributed by atoms with van der Waals surface area (Å²) in [7, 11) is 0. The van der Waals surface area contributed by atoms with Gasteiger partial charge in [0.25, 0.3) is 0 Å². The van der Waals surface area contributed by atoms with E-state index in [1.165, 1.54) is 4.90 Å². The van der Waals surface area contributed by atoms with Gasteiger partial charge in [0, 0.05) is 11.6 Å². The van der Waals surface area contributed by atoms with Crippen LogP contribution in [0.3, 0.4) is 0 Å². The monoisotopic (exact) mass is 326 g/mol. The summed E-state index contributed by atoms with van der Waals surface area (Å²) in [5, 5.41) is 6.86. The molecule has 1 aliphatic heterocycles. The number of urea groups is 1. The molecule has 1 N–H and O–H groups in total. The quantitative estimate of drug-likeness (QED) is 0.935. The van der Waals surface area contributed by atoms with Gasteiger partial charge in [-0.3, -0.25) is 9.69 Å². The Balaban J connectivity index is 1.51. The Bertz CT molecular complexity index is 758. The molecule has 0 radical (unpaired) electrons. The number of aromatic nitrogens is 2. The van der Waals surface area contributed by atoms with Gasteiger partial charge in [-0.1, -0.05) is 48.3 Å². The van der Waals surface area contributed by atoms with Gasteiger partial charge < -0.3 is 9.84 Å². The lowest BCUT2D eigenvalue weighted by atomic mass is 9.82. The number of carbonyl (C=O) groups is 2. The lowest BCUT2D eigenvalue weighted by molar-refractivity contribution is -0.137. The average Bonchev–Trinajstić information content (AvgIpc) is 3.08. The second kappa shape index (κ2) is 6.07. The highest BCUT2D eigenvalue weighted by Gasteiger charge is 2.42. The Kier molecular flexibility index (Phi) is 3.76. The normalized spacial score (nSPS) is 23.8. The van der Waals surface area contributed by atoms with Crippen LogP contribution in [0.4, 0.5) is 4.79 Å². The maximum atomic E-state index is 12.6. The molecule has 0 spiro atoms. The van der Waals surface area contributed by atoms with Crippen molar-refractivity contribution in [2.45, 2.75) is 38.3 Å². The Morgan fingerprint density at radius 2 is 1.96 bits per heavy atom. The first-order chi connectivity index (χ1) is 11.7. The van der Waals surface area contributed by atoms with Crippen molar-refractivity contribution in [3.05, 3.63) is 36.2 Å². The lowest BCUT2D eigenvalue weighted by Gasteiger charge is -2.39. The largest absolute Gasteiger partial charge is 0.337 e. The van der Waals surface area contributed by atoms with Crippen LogP contribution in [-0.4, -0.2) is 33.0 Å². The molecule has 2 aromatic rings. The molecule has 2 fully saturated rings. The molecule has 2 aliphatic rings. The Labute approximate surface area is 139 Å². The first-order valence-electron chi connectivity index (χ1n) is 8.22. The van der Waals surface area contributed by atoms with Crippen LogP contribution in [0, 0.1) is 5.92 Å². The van der Waals surface area contributed by atoms with E-state index < -0.39 is 0 Å². The van der Waals surface area contributed by atoms with Crippen molar-refractivity contribution in [1.82, 2.24) is 20.4 Å². The predicted octanol–water partition coefficient (Wildman–Crippen LogP) is 2.35. The van der Waals surface area contributed by atoms with Gasteiger partial charge in [0.15, 0.2) is 0 Å². The average molecular weight is 326 g/mol. The highest BCUT2D eigenvalue weighted by atomic mass is 16.5. The van der Waals surface area contributed by atoms with Crippen molar-refractivity contribution in [2.24, 2.45) is 5.92 Å². The highest BCUT2D eigenvalue weighted by molar-refractivity contribution is 5.98. The topological polar surface area (TPSA) is 88.3 Å². The van der Waals surface area contributed by atoms with Gasteiger partial charge in [-0.15, -0.1) is 0 Å². The molecule has 2 unspecified atom stereocenters. The molecule has 4 rings (SSSR count). The molecule has 7 heteroatoms. The fourth-order valence-electron chi connectivity index (χ4n) is 3.44. The van der Waals surface area contributed by atoms with Crippen molar-refractivity contribution in [3.63, 3.8) is 0 Å². The lowest BCUT2D eigenvalue weighted by Crippen LogP contribution is -2.60. The van der Waals surface area contributed by atoms with Crippen LogP contribution in [-0.2, 0) is 11.3 Å². The number of nitrogens with zero attached hydrogens (tertiary/aromatic N) is 3. The molecule has 24 heavy (non-hydrogen) atoms. The molecular weight excluding hydrogens is 308 g/mol. The first kappa shape index (κ1) is 14.9. The van der Waals surface area contributed by atoms with Gasteiger partial charge >= 0.3 is 6.03 Å². The minimum Gasteiger partial charge on any atom is -0.337 e. The van der Waals surface area contributed by atoms with E-state index in [0.717, 1.165) is 31.2 Å². The molecule has 3 amide bonds. The van der Waals surface area contributed by atoms with E-state index in [4.69, 9.17) is 4.52 Å². The van der Waals surface area contributed by atoms with Gasteiger partial charge in [0.2, 0.25) is 17.6 Å². The van der Waals surface area contributed by atoms with Crippen molar-refractivity contribution in [2.75, 3.05) is 0 Å². The summed E-state index contributed by atoms with van der Waals surface area (Å²) in [4.78, 5) is 30.4. The number of fused-ring (bicyclic) bond motifs is 1. The van der Waals surface area contributed by atoms with Crippen LogP contribution >= 0.6 is 0 Å². The summed E-state index contributed by atoms with van der Waals surface area (Å²) < 4.78 is 5.22. The van der Waals surface area contributed by atoms with E-state index in [1.807, 2.05) is 30.3 Å². The standard InChI is InChI=1S/C17H18N4O3/c22-16-12-8-4-5-9-13(12)18-17(23)21(16)10-14-19-15(20-24-14)11-6-2-1-3-7-11/h1-3,6-7,12-13H,4-5,8-10H2,(H,18,23). The summed E-state index contributed by atoms with van der Waals surface area (Å²) in [5.41, 5.74) is 0.828. The molecule has 2 heterocycles. The van der Waals surface area contributed by atoms with Crippen molar-refractivity contribution in [3.8, 4) is 11.4 Å².